The Morgan fingerprint density at radius 3 is 2.67 bits per heavy atom. The van der Waals surface area contributed by atoms with Gasteiger partial charge in [0.05, 0.1) is 0 Å². The molecule has 2 aromatic heterocycles. The number of aromatic nitrogens is 3. The van der Waals surface area contributed by atoms with Crippen molar-refractivity contribution in [3.63, 3.8) is 0 Å². The highest BCUT2D eigenvalue weighted by Gasteiger charge is 2.26. The van der Waals surface area contributed by atoms with Gasteiger partial charge >= 0.3 is 0 Å². The molecule has 2 aliphatic carbocycles. The molecular formula is C19H24N4O. The normalized spacial score (nSPS) is 18.3. The lowest BCUT2D eigenvalue weighted by atomic mass is 9.98. The van der Waals surface area contributed by atoms with Gasteiger partial charge in [0.15, 0.2) is 0 Å². The highest BCUT2D eigenvalue weighted by atomic mass is 16.5. The summed E-state index contributed by atoms with van der Waals surface area (Å²) in [5, 5.41) is 3.38. The number of pyridine rings is 1. The number of ether oxygens (including phenoxy) is 1. The quantitative estimate of drug-likeness (QED) is 0.868. The molecule has 0 unspecified atom stereocenters. The van der Waals surface area contributed by atoms with E-state index in [4.69, 9.17) is 4.74 Å². The van der Waals surface area contributed by atoms with Crippen molar-refractivity contribution < 1.29 is 4.74 Å². The van der Waals surface area contributed by atoms with Gasteiger partial charge in [-0.1, -0.05) is 6.42 Å². The predicted molar refractivity (Wildman–Crippen MR) is 93.1 cm³/mol. The van der Waals surface area contributed by atoms with Gasteiger partial charge in [-0.15, -0.1) is 0 Å². The van der Waals surface area contributed by atoms with Gasteiger partial charge in [-0.25, -0.2) is 15.0 Å². The minimum absolute atomic E-state index is 0.331. The molecule has 5 heteroatoms. The predicted octanol–water partition coefficient (Wildman–Crippen LogP) is 4.07. The van der Waals surface area contributed by atoms with Crippen LogP contribution in [0, 0.1) is 0 Å². The van der Waals surface area contributed by atoms with Gasteiger partial charge in [0.25, 0.3) is 0 Å². The molecule has 0 bridgehead atoms. The number of nitrogens with one attached hydrogen (secondary N) is 1. The fourth-order valence-corrected chi connectivity index (χ4v) is 3.18. The topological polar surface area (TPSA) is 59.9 Å². The van der Waals surface area contributed by atoms with E-state index in [-0.39, 0.29) is 0 Å². The van der Waals surface area contributed by atoms with E-state index < -0.39 is 0 Å². The smallest absolute Gasteiger partial charge is 0.213 e. The zero-order chi connectivity index (χ0) is 16.2. The number of anilines is 1. The Bertz CT molecular complexity index is 681. The molecule has 2 fully saturated rings. The molecule has 24 heavy (non-hydrogen) atoms. The van der Waals surface area contributed by atoms with E-state index in [2.05, 4.69) is 20.3 Å². The lowest BCUT2D eigenvalue weighted by Gasteiger charge is -2.22. The molecule has 0 saturated heterocycles. The first kappa shape index (κ1) is 15.4. The highest BCUT2D eigenvalue weighted by molar-refractivity contribution is 5.36. The van der Waals surface area contributed by atoms with E-state index in [1.165, 1.54) is 32.1 Å². The molecule has 2 heterocycles. The number of hydrogen-bond acceptors (Lipinski definition) is 5. The maximum atomic E-state index is 6.04. The Morgan fingerprint density at radius 1 is 1.00 bits per heavy atom. The van der Waals surface area contributed by atoms with Crippen molar-refractivity contribution in [1.29, 1.82) is 0 Å². The van der Waals surface area contributed by atoms with Crippen molar-refractivity contribution in [2.24, 2.45) is 0 Å². The summed E-state index contributed by atoms with van der Waals surface area (Å²) in [5.41, 5.74) is 1.15. The van der Waals surface area contributed by atoms with E-state index in [1.807, 2.05) is 30.6 Å². The standard InChI is InChI=1S/C19H24N4O/c1-2-4-16(5-3-1)24-18-12-14(8-10-20-18)13-22-17-9-11-21-19(23-17)15-6-7-15/h8-12,15-16H,1-7,13H2,(H,21,22,23). The third-order valence-electron chi connectivity index (χ3n) is 4.73. The Kier molecular flexibility index (Phi) is 4.58. The van der Waals surface area contributed by atoms with Gasteiger partial charge < -0.3 is 10.1 Å². The summed E-state index contributed by atoms with van der Waals surface area (Å²) in [6, 6.07) is 5.97. The molecule has 0 spiro atoms. The molecule has 4 rings (SSSR count). The van der Waals surface area contributed by atoms with Crippen LogP contribution in [0.1, 0.15) is 62.3 Å². The molecule has 2 aliphatic rings. The van der Waals surface area contributed by atoms with E-state index in [0.29, 0.717) is 18.6 Å². The summed E-state index contributed by atoms with van der Waals surface area (Å²) in [6.45, 7) is 0.713. The summed E-state index contributed by atoms with van der Waals surface area (Å²) in [6.07, 6.45) is 12.6. The largest absolute Gasteiger partial charge is 0.474 e. The van der Waals surface area contributed by atoms with E-state index in [1.54, 1.807) is 0 Å². The van der Waals surface area contributed by atoms with Crippen molar-refractivity contribution in [1.82, 2.24) is 15.0 Å². The van der Waals surface area contributed by atoms with Crippen LogP contribution < -0.4 is 10.1 Å². The number of hydrogen-bond donors (Lipinski definition) is 1. The number of nitrogens with zero attached hydrogens (tertiary/aromatic N) is 3. The molecule has 126 valence electrons. The lowest BCUT2D eigenvalue weighted by Crippen LogP contribution is -2.20. The number of rotatable bonds is 6. The third kappa shape index (κ3) is 4.02. The Balaban J connectivity index is 1.36. The molecule has 2 aromatic rings. The molecular weight excluding hydrogens is 300 g/mol. The molecule has 0 aliphatic heterocycles. The summed E-state index contributed by atoms with van der Waals surface area (Å²) in [5.74, 6) is 3.17. The lowest BCUT2D eigenvalue weighted by molar-refractivity contribution is 0.148. The van der Waals surface area contributed by atoms with Gasteiger partial charge in [-0.05, 0) is 56.2 Å². The second kappa shape index (κ2) is 7.16. The van der Waals surface area contributed by atoms with Gasteiger partial charge in [0.1, 0.15) is 17.7 Å². The summed E-state index contributed by atoms with van der Waals surface area (Å²) in [4.78, 5) is 13.3. The van der Waals surface area contributed by atoms with E-state index in [0.717, 1.165) is 35.9 Å². The van der Waals surface area contributed by atoms with Crippen LogP contribution in [0.25, 0.3) is 0 Å². The van der Waals surface area contributed by atoms with E-state index >= 15 is 0 Å². The van der Waals surface area contributed by atoms with Crippen LogP contribution in [-0.4, -0.2) is 21.1 Å². The first-order valence-electron chi connectivity index (χ1n) is 9.05. The van der Waals surface area contributed by atoms with Crippen molar-refractivity contribution >= 4 is 5.82 Å². The first-order valence-corrected chi connectivity index (χ1v) is 9.05. The van der Waals surface area contributed by atoms with Crippen molar-refractivity contribution in [2.45, 2.75) is 63.5 Å². The molecule has 1 N–H and O–H groups in total. The minimum atomic E-state index is 0.331. The molecule has 0 amide bonds. The van der Waals surface area contributed by atoms with Gasteiger partial charge in [0.2, 0.25) is 5.88 Å². The van der Waals surface area contributed by atoms with Crippen LogP contribution in [0.15, 0.2) is 30.6 Å². The van der Waals surface area contributed by atoms with Crippen LogP contribution in [-0.2, 0) is 6.54 Å². The van der Waals surface area contributed by atoms with Gasteiger partial charge in [-0.3, -0.25) is 0 Å². The van der Waals surface area contributed by atoms with Crippen molar-refractivity contribution in [2.75, 3.05) is 5.32 Å². The zero-order valence-electron chi connectivity index (χ0n) is 13.9. The maximum Gasteiger partial charge on any atom is 0.213 e. The van der Waals surface area contributed by atoms with E-state index in [9.17, 15) is 0 Å². The second-order valence-electron chi connectivity index (χ2n) is 6.81. The van der Waals surface area contributed by atoms with Crippen LogP contribution in [0.2, 0.25) is 0 Å². The molecule has 0 aromatic carbocycles. The Labute approximate surface area is 142 Å². The first-order chi connectivity index (χ1) is 11.9. The van der Waals surface area contributed by atoms with Gasteiger partial charge in [-0.2, -0.15) is 0 Å². The Morgan fingerprint density at radius 2 is 1.83 bits per heavy atom. The average Bonchev–Trinajstić information content (AvgIpc) is 3.47. The molecule has 5 nitrogen and oxygen atoms in total. The summed E-state index contributed by atoms with van der Waals surface area (Å²) < 4.78 is 6.04. The fourth-order valence-electron chi connectivity index (χ4n) is 3.18. The van der Waals surface area contributed by atoms with Crippen LogP contribution in [0.5, 0.6) is 5.88 Å². The second-order valence-corrected chi connectivity index (χ2v) is 6.81. The van der Waals surface area contributed by atoms with Crippen LogP contribution in [0.3, 0.4) is 0 Å². The van der Waals surface area contributed by atoms with Crippen LogP contribution in [0.4, 0.5) is 5.82 Å². The van der Waals surface area contributed by atoms with Gasteiger partial charge in [0, 0.05) is 30.9 Å². The maximum absolute atomic E-state index is 6.04. The highest BCUT2D eigenvalue weighted by Crippen LogP contribution is 2.38. The average molecular weight is 324 g/mol. The third-order valence-corrected chi connectivity index (χ3v) is 4.73. The molecule has 0 atom stereocenters. The van der Waals surface area contributed by atoms with Crippen molar-refractivity contribution in [3.05, 3.63) is 42.0 Å². The fraction of sp³-hybridized carbons (Fsp3) is 0.526. The Hall–Kier alpha value is -2.17. The summed E-state index contributed by atoms with van der Waals surface area (Å²) >= 11 is 0. The zero-order valence-corrected chi connectivity index (χ0v) is 13.9. The van der Waals surface area contributed by atoms with Crippen molar-refractivity contribution in [3.8, 4) is 5.88 Å². The monoisotopic (exact) mass is 324 g/mol. The SMILES string of the molecule is c1cc(CNc2ccnc(C3CC3)n2)cc(OC2CCCCC2)n1. The summed E-state index contributed by atoms with van der Waals surface area (Å²) in [7, 11) is 0. The van der Waals surface area contributed by atoms with Crippen LogP contribution >= 0.6 is 0 Å². The molecule has 2 saturated carbocycles. The minimum Gasteiger partial charge on any atom is -0.474 e. The molecule has 0 radical (unpaired) electrons.